The molecule has 3 aliphatic heterocycles. The number of likely N-dealkylation sites (tertiary alicyclic amines) is 1. The van der Waals surface area contributed by atoms with E-state index in [1.165, 1.54) is 24.0 Å². The largest absolute Gasteiger partial charge is 0.391 e. The monoisotopic (exact) mass is 492 g/mol. The van der Waals surface area contributed by atoms with E-state index >= 15 is 0 Å². The highest BCUT2D eigenvalue weighted by atomic mass is 16.5. The first kappa shape index (κ1) is 23.8. The molecule has 6 rings (SSSR count). The Hall–Kier alpha value is -2.59. The van der Waals surface area contributed by atoms with Gasteiger partial charge in [-0.3, -0.25) is 4.90 Å². The van der Waals surface area contributed by atoms with Gasteiger partial charge in [-0.25, -0.2) is 14.6 Å². The molecule has 9 heteroatoms. The summed E-state index contributed by atoms with van der Waals surface area (Å²) in [7, 11) is 0. The Morgan fingerprint density at radius 3 is 2.53 bits per heavy atom. The van der Waals surface area contributed by atoms with Crippen LogP contribution in [0.3, 0.4) is 0 Å². The first-order chi connectivity index (χ1) is 17.5. The van der Waals surface area contributed by atoms with Gasteiger partial charge in [-0.05, 0) is 75.9 Å². The number of ether oxygens (including phenoxy) is 2. The number of piperidine rings is 1. The van der Waals surface area contributed by atoms with Crippen molar-refractivity contribution in [2.75, 3.05) is 50.9 Å². The maximum atomic E-state index is 10.0. The average Bonchev–Trinajstić information content (AvgIpc) is 3.25. The molecule has 3 aliphatic rings. The first-order valence-electron chi connectivity index (χ1n) is 13.2. The highest BCUT2D eigenvalue weighted by Crippen LogP contribution is 2.34. The lowest BCUT2D eigenvalue weighted by atomic mass is 9.85. The Bertz CT molecular complexity index is 1230. The van der Waals surface area contributed by atoms with Gasteiger partial charge in [-0.1, -0.05) is 0 Å². The fourth-order valence-electron chi connectivity index (χ4n) is 5.82. The molecule has 2 aromatic heterocycles. The van der Waals surface area contributed by atoms with Crippen molar-refractivity contribution in [3.63, 3.8) is 0 Å². The summed E-state index contributed by atoms with van der Waals surface area (Å²) in [6.45, 7) is 11.9. The standard InChI is InChI=1S/C27H36N6O3/c1-17-10-21-13-28-33(24(21)11-23(17)20-4-6-31(7-5-20)22-15-35-16-22)27-12-26(29-19(3)30-27)32-8-9-36-25(14-32)18(2)34/h10-13,18,20,22,25,34H,4-9,14-16H2,1-3H3. The molecular weight excluding hydrogens is 456 g/mol. The van der Waals surface area contributed by atoms with Crippen LogP contribution in [0.4, 0.5) is 5.82 Å². The van der Waals surface area contributed by atoms with Gasteiger partial charge in [0.1, 0.15) is 17.7 Å². The fourth-order valence-corrected chi connectivity index (χ4v) is 5.82. The van der Waals surface area contributed by atoms with Crippen molar-refractivity contribution in [1.29, 1.82) is 0 Å². The van der Waals surface area contributed by atoms with Crippen LogP contribution in [0.1, 0.15) is 42.6 Å². The van der Waals surface area contributed by atoms with Crippen molar-refractivity contribution >= 4 is 16.7 Å². The number of aromatic nitrogens is 4. The molecule has 5 heterocycles. The maximum Gasteiger partial charge on any atom is 0.159 e. The molecule has 2 unspecified atom stereocenters. The number of anilines is 1. The predicted molar refractivity (Wildman–Crippen MR) is 138 cm³/mol. The number of hydrogen-bond acceptors (Lipinski definition) is 8. The molecule has 2 atom stereocenters. The van der Waals surface area contributed by atoms with Crippen molar-refractivity contribution in [2.45, 2.75) is 57.8 Å². The second kappa shape index (κ2) is 9.70. The van der Waals surface area contributed by atoms with E-state index in [2.05, 4.69) is 28.9 Å². The number of rotatable bonds is 5. The lowest BCUT2D eigenvalue weighted by Gasteiger charge is -2.41. The normalized spacial score (nSPS) is 23.2. The van der Waals surface area contributed by atoms with Crippen LogP contribution in [0.5, 0.6) is 0 Å². The maximum absolute atomic E-state index is 10.0. The molecule has 1 N–H and O–H groups in total. The molecule has 0 saturated carbocycles. The molecule has 0 aliphatic carbocycles. The van der Waals surface area contributed by atoms with Crippen LogP contribution in [0.25, 0.3) is 16.7 Å². The number of aryl methyl sites for hydroxylation is 2. The van der Waals surface area contributed by atoms with Crippen molar-refractivity contribution in [3.8, 4) is 5.82 Å². The van der Waals surface area contributed by atoms with Gasteiger partial charge in [0.2, 0.25) is 0 Å². The van der Waals surface area contributed by atoms with Gasteiger partial charge in [0.25, 0.3) is 0 Å². The van der Waals surface area contributed by atoms with E-state index in [0.29, 0.717) is 30.9 Å². The minimum Gasteiger partial charge on any atom is -0.391 e. The summed E-state index contributed by atoms with van der Waals surface area (Å²) in [6, 6.07) is 7.22. The third kappa shape index (κ3) is 4.49. The number of aliphatic hydroxyl groups is 1. The van der Waals surface area contributed by atoms with Crippen LogP contribution < -0.4 is 4.90 Å². The van der Waals surface area contributed by atoms with E-state index in [1.807, 2.05) is 23.9 Å². The number of benzene rings is 1. The summed E-state index contributed by atoms with van der Waals surface area (Å²) in [5, 5.41) is 15.9. The number of fused-ring (bicyclic) bond motifs is 1. The summed E-state index contributed by atoms with van der Waals surface area (Å²) in [5.41, 5.74) is 3.84. The molecule has 192 valence electrons. The van der Waals surface area contributed by atoms with Crippen molar-refractivity contribution in [2.24, 2.45) is 0 Å². The van der Waals surface area contributed by atoms with Gasteiger partial charge in [0, 0.05) is 24.5 Å². The second-order valence-electron chi connectivity index (χ2n) is 10.6. The Morgan fingerprint density at radius 2 is 1.81 bits per heavy atom. The van der Waals surface area contributed by atoms with E-state index in [-0.39, 0.29) is 6.10 Å². The van der Waals surface area contributed by atoms with Crippen molar-refractivity contribution < 1.29 is 14.6 Å². The molecule has 0 radical (unpaired) electrons. The molecule has 36 heavy (non-hydrogen) atoms. The third-order valence-corrected chi connectivity index (χ3v) is 8.05. The lowest BCUT2D eigenvalue weighted by Crippen LogP contribution is -2.51. The fraction of sp³-hybridized carbons (Fsp3) is 0.593. The summed E-state index contributed by atoms with van der Waals surface area (Å²) in [5.74, 6) is 2.87. The molecule has 9 nitrogen and oxygen atoms in total. The summed E-state index contributed by atoms with van der Waals surface area (Å²) in [4.78, 5) is 14.2. The van der Waals surface area contributed by atoms with Crippen LogP contribution in [-0.2, 0) is 9.47 Å². The zero-order valence-electron chi connectivity index (χ0n) is 21.4. The lowest BCUT2D eigenvalue weighted by molar-refractivity contribution is -0.0712. The van der Waals surface area contributed by atoms with Gasteiger partial charge in [0.05, 0.1) is 43.7 Å². The highest BCUT2D eigenvalue weighted by molar-refractivity contribution is 5.82. The molecule has 1 aromatic carbocycles. The van der Waals surface area contributed by atoms with Crippen molar-refractivity contribution in [1.82, 2.24) is 24.6 Å². The van der Waals surface area contributed by atoms with E-state index < -0.39 is 6.10 Å². The Morgan fingerprint density at radius 1 is 1.03 bits per heavy atom. The van der Waals surface area contributed by atoms with Gasteiger partial charge >= 0.3 is 0 Å². The summed E-state index contributed by atoms with van der Waals surface area (Å²) >= 11 is 0. The first-order valence-corrected chi connectivity index (χ1v) is 13.2. The smallest absolute Gasteiger partial charge is 0.159 e. The minimum atomic E-state index is -0.527. The number of aliphatic hydroxyl groups excluding tert-OH is 1. The quantitative estimate of drug-likeness (QED) is 0.582. The van der Waals surface area contributed by atoms with E-state index in [9.17, 15) is 5.11 Å². The summed E-state index contributed by atoms with van der Waals surface area (Å²) < 4.78 is 13.1. The molecule has 3 fully saturated rings. The van der Waals surface area contributed by atoms with Crippen LogP contribution in [0, 0.1) is 13.8 Å². The second-order valence-corrected chi connectivity index (χ2v) is 10.6. The van der Waals surface area contributed by atoms with Gasteiger partial charge in [0.15, 0.2) is 5.82 Å². The predicted octanol–water partition coefficient (Wildman–Crippen LogP) is 2.60. The molecule has 0 bridgehead atoms. The van der Waals surface area contributed by atoms with Gasteiger partial charge in [-0.2, -0.15) is 5.10 Å². The van der Waals surface area contributed by atoms with E-state index in [0.717, 1.165) is 55.4 Å². The van der Waals surface area contributed by atoms with Crippen molar-refractivity contribution in [3.05, 3.63) is 41.3 Å². The Kier molecular flexibility index (Phi) is 6.41. The third-order valence-electron chi connectivity index (χ3n) is 8.05. The number of hydrogen-bond donors (Lipinski definition) is 1. The zero-order chi connectivity index (χ0) is 24.8. The molecular formula is C27H36N6O3. The molecule has 3 saturated heterocycles. The number of morpholine rings is 1. The Balaban J connectivity index is 1.29. The SMILES string of the molecule is Cc1nc(N2CCOC(C(C)O)C2)cc(-n2ncc3cc(C)c(C4CCN(C5COC5)CC4)cc32)n1. The number of nitrogens with zero attached hydrogens (tertiary/aromatic N) is 6. The van der Waals surface area contributed by atoms with E-state index in [4.69, 9.17) is 24.5 Å². The van der Waals surface area contributed by atoms with Gasteiger partial charge < -0.3 is 19.5 Å². The van der Waals surface area contributed by atoms with E-state index in [1.54, 1.807) is 6.92 Å². The van der Waals surface area contributed by atoms with Crippen LogP contribution in [0.2, 0.25) is 0 Å². The zero-order valence-corrected chi connectivity index (χ0v) is 21.4. The van der Waals surface area contributed by atoms with Crippen LogP contribution in [-0.4, -0.2) is 94.0 Å². The minimum absolute atomic E-state index is 0.225. The Labute approximate surface area is 212 Å². The van der Waals surface area contributed by atoms with Crippen LogP contribution >= 0.6 is 0 Å². The molecule has 0 spiro atoms. The topological polar surface area (TPSA) is 88.8 Å². The molecule has 3 aromatic rings. The summed E-state index contributed by atoms with van der Waals surface area (Å²) in [6.07, 6.45) is 3.53. The average molecular weight is 493 g/mol. The highest BCUT2D eigenvalue weighted by Gasteiger charge is 2.31. The molecule has 0 amide bonds. The van der Waals surface area contributed by atoms with Gasteiger partial charge in [-0.15, -0.1) is 0 Å². The van der Waals surface area contributed by atoms with Crippen LogP contribution in [0.15, 0.2) is 24.4 Å².